The van der Waals surface area contributed by atoms with Crippen LogP contribution in [0.15, 0.2) is 35.4 Å². The van der Waals surface area contributed by atoms with Crippen LogP contribution in [0.3, 0.4) is 0 Å². The van der Waals surface area contributed by atoms with Crippen LogP contribution >= 0.6 is 0 Å². The molecule has 4 rings (SSSR count). The number of ether oxygens (including phenoxy) is 2. The van der Waals surface area contributed by atoms with Gasteiger partial charge in [0.2, 0.25) is 0 Å². The van der Waals surface area contributed by atoms with E-state index >= 15 is 0 Å². The van der Waals surface area contributed by atoms with Crippen molar-refractivity contribution in [1.29, 1.82) is 0 Å². The van der Waals surface area contributed by atoms with E-state index in [-0.39, 0.29) is 0 Å². The Morgan fingerprint density at radius 3 is 2.76 bits per heavy atom. The molecule has 0 spiro atoms. The Bertz CT molecular complexity index is 698. The van der Waals surface area contributed by atoms with Crippen molar-refractivity contribution in [3.05, 3.63) is 46.5 Å². The fourth-order valence-corrected chi connectivity index (χ4v) is 5.08. The molecule has 0 saturated heterocycles. The Hall–Kier alpha value is -1.54. The van der Waals surface area contributed by atoms with Gasteiger partial charge in [-0.25, -0.2) is 0 Å². The molecule has 2 heteroatoms. The number of methoxy groups -OCH3 is 1. The fourth-order valence-electron chi connectivity index (χ4n) is 5.08. The Labute approximate surface area is 151 Å². The molecule has 25 heavy (non-hydrogen) atoms. The van der Waals surface area contributed by atoms with E-state index in [1.54, 1.807) is 23.8 Å². The molecule has 0 heterocycles. The van der Waals surface area contributed by atoms with Crippen LogP contribution in [0.4, 0.5) is 0 Å². The molecule has 0 radical (unpaired) electrons. The lowest BCUT2D eigenvalue weighted by molar-refractivity contribution is 0.0508. The largest absolute Gasteiger partial charge is 0.467 e. The molecule has 0 aromatic heterocycles. The van der Waals surface area contributed by atoms with E-state index in [1.807, 2.05) is 0 Å². The number of aryl methyl sites for hydroxylation is 1. The number of rotatable bonds is 4. The van der Waals surface area contributed by atoms with Gasteiger partial charge in [0.05, 0.1) is 0 Å². The van der Waals surface area contributed by atoms with E-state index in [4.69, 9.17) is 9.47 Å². The second-order valence-electron chi connectivity index (χ2n) is 7.90. The summed E-state index contributed by atoms with van der Waals surface area (Å²) >= 11 is 0. The normalized spacial score (nSPS) is 25.9. The molecule has 2 saturated carbocycles. The zero-order valence-corrected chi connectivity index (χ0v) is 15.6. The molecule has 0 amide bonds. The topological polar surface area (TPSA) is 18.5 Å². The quantitative estimate of drug-likeness (QED) is 0.622. The van der Waals surface area contributed by atoms with Crippen LogP contribution in [0.25, 0.3) is 5.57 Å². The number of benzene rings is 1. The molecule has 2 fully saturated rings. The highest BCUT2D eigenvalue weighted by molar-refractivity contribution is 5.80. The molecule has 134 valence electrons. The molecule has 1 aromatic carbocycles. The second kappa shape index (κ2) is 7.37. The fraction of sp³-hybridized carbons (Fsp3) is 0.565. The van der Waals surface area contributed by atoms with E-state index in [1.165, 1.54) is 62.5 Å². The number of fused-ring (bicyclic) bond motifs is 2. The van der Waals surface area contributed by atoms with E-state index < -0.39 is 0 Å². The van der Waals surface area contributed by atoms with Crippen LogP contribution in [0.2, 0.25) is 0 Å². The first-order valence-electron chi connectivity index (χ1n) is 9.95. The monoisotopic (exact) mass is 338 g/mol. The molecular weight excluding hydrogens is 308 g/mol. The zero-order valence-electron chi connectivity index (χ0n) is 15.6. The zero-order chi connectivity index (χ0) is 17.2. The van der Waals surface area contributed by atoms with Gasteiger partial charge < -0.3 is 9.47 Å². The highest BCUT2D eigenvalue weighted by Gasteiger charge is 2.35. The lowest BCUT2D eigenvalue weighted by atomic mass is 9.65. The van der Waals surface area contributed by atoms with Crippen molar-refractivity contribution in [2.24, 2.45) is 11.8 Å². The molecule has 0 bridgehead atoms. The Kier molecular flexibility index (Phi) is 4.98. The summed E-state index contributed by atoms with van der Waals surface area (Å²) in [7, 11) is 1.69. The van der Waals surface area contributed by atoms with Crippen molar-refractivity contribution in [2.75, 3.05) is 13.9 Å². The maximum Gasteiger partial charge on any atom is 0.188 e. The van der Waals surface area contributed by atoms with Gasteiger partial charge in [-0.05, 0) is 86.1 Å². The van der Waals surface area contributed by atoms with Gasteiger partial charge in [0.25, 0.3) is 0 Å². The van der Waals surface area contributed by atoms with Crippen molar-refractivity contribution < 1.29 is 9.47 Å². The van der Waals surface area contributed by atoms with E-state index in [0.717, 1.165) is 11.7 Å². The number of allylic oxidation sites excluding steroid dienone is 4. The van der Waals surface area contributed by atoms with Crippen molar-refractivity contribution in [2.45, 2.75) is 58.3 Å². The maximum atomic E-state index is 5.98. The SMILES string of the molecule is COCOc1ccc(C)cc1C1=C2CCCCC2=CC2CCCCC12. The molecule has 3 aliphatic rings. The van der Waals surface area contributed by atoms with Gasteiger partial charge in [0.1, 0.15) is 5.75 Å². The smallest absolute Gasteiger partial charge is 0.188 e. The Balaban J connectivity index is 1.84. The van der Waals surface area contributed by atoms with Gasteiger partial charge in [-0.3, -0.25) is 0 Å². The highest BCUT2D eigenvalue weighted by atomic mass is 16.7. The van der Waals surface area contributed by atoms with Crippen LogP contribution in [0, 0.1) is 18.8 Å². The average molecular weight is 338 g/mol. The third-order valence-corrected chi connectivity index (χ3v) is 6.20. The molecule has 2 nitrogen and oxygen atoms in total. The summed E-state index contributed by atoms with van der Waals surface area (Å²) in [4.78, 5) is 0. The minimum atomic E-state index is 0.315. The van der Waals surface area contributed by atoms with Crippen molar-refractivity contribution >= 4 is 5.57 Å². The van der Waals surface area contributed by atoms with Gasteiger partial charge in [-0.2, -0.15) is 0 Å². The van der Waals surface area contributed by atoms with Gasteiger partial charge in [-0.1, -0.05) is 30.5 Å². The van der Waals surface area contributed by atoms with Gasteiger partial charge >= 0.3 is 0 Å². The first-order chi connectivity index (χ1) is 12.3. The number of hydrogen-bond donors (Lipinski definition) is 0. The predicted octanol–water partition coefficient (Wildman–Crippen LogP) is 6.05. The second-order valence-corrected chi connectivity index (χ2v) is 7.90. The summed E-state index contributed by atoms with van der Waals surface area (Å²) in [6.45, 7) is 2.50. The minimum Gasteiger partial charge on any atom is -0.467 e. The summed E-state index contributed by atoms with van der Waals surface area (Å²) in [5.74, 6) is 2.40. The Morgan fingerprint density at radius 2 is 1.88 bits per heavy atom. The van der Waals surface area contributed by atoms with Gasteiger partial charge in [-0.15, -0.1) is 0 Å². The first-order valence-corrected chi connectivity index (χ1v) is 9.95. The molecule has 2 unspecified atom stereocenters. The van der Waals surface area contributed by atoms with Crippen molar-refractivity contribution in [3.63, 3.8) is 0 Å². The van der Waals surface area contributed by atoms with Gasteiger partial charge in [0, 0.05) is 12.7 Å². The first kappa shape index (κ1) is 16.9. The summed E-state index contributed by atoms with van der Waals surface area (Å²) in [6.07, 6.45) is 13.2. The molecule has 0 aliphatic heterocycles. The summed E-state index contributed by atoms with van der Waals surface area (Å²) in [6, 6.07) is 6.63. The van der Waals surface area contributed by atoms with E-state index in [9.17, 15) is 0 Å². The van der Waals surface area contributed by atoms with Crippen molar-refractivity contribution in [1.82, 2.24) is 0 Å². The summed E-state index contributed by atoms with van der Waals surface area (Å²) in [5, 5.41) is 0. The number of hydrogen-bond acceptors (Lipinski definition) is 2. The van der Waals surface area contributed by atoms with Gasteiger partial charge in [0.15, 0.2) is 6.79 Å². The average Bonchev–Trinajstić information content (AvgIpc) is 2.65. The molecule has 0 N–H and O–H groups in total. The maximum absolute atomic E-state index is 5.98. The molecular formula is C23H30O2. The summed E-state index contributed by atoms with van der Waals surface area (Å²) < 4.78 is 11.2. The highest BCUT2D eigenvalue weighted by Crippen LogP contribution is 2.51. The molecule has 3 aliphatic carbocycles. The molecule has 2 atom stereocenters. The lowest BCUT2D eigenvalue weighted by Gasteiger charge is -2.40. The van der Waals surface area contributed by atoms with Crippen LogP contribution < -0.4 is 4.74 Å². The third-order valence-electron chi connectivity index (χ3n) is 6.20. The van der Waals surface area contributed by atoms with Crippen LogP contribution in [0.5, 0.6) is 5.75 Å². The standard InChI is InChI=1S/C23H30O2/c1-16-11-12-22(25-15-24-2)21(13-16)23-19-9-5-3-7-17(19)14-18-8-4-6-10-20(18)23/h11-14,17,19H,3-10,15H2,1-2H3. The minimum absolute atomic E-state index is 0.315. The van der Waals surface area contributed by atoms with Crippen LogP contribution in [-0.2, 0) is 4.74 Å². The third kappa shape index (κ3) is 3.29. The lowest BCUT2D eigenvalue weighted by Crippen LogP contribution is -2.25. The molecule has 1 aromatic rings. The van der Waals surface area contributed by atoms with E-state index in [2.05, 4.69) is 31.2 Å². The Morgan fingerprint density at radius 1 is 1.04 bits per heavy atom. The summed E-state index contributed by atoms with van der Waals surface area (Å²) in [5.41, 5.74) is 7.53. The van der Waals surface area contributed by atoms with Crippen LogP contribution in [0.1, 0.15) is 62.5 Å². The van der Waals surface area contributed by atoms with Crippen molar-refractivity contribution in [3.8, 4) is 5.75 Å². The predicted molar refractivity (Wildman–Crippen MR) is 103 cm³/mol. The van der Waals surface area contributed by atoms with Crippen LogP contribution in [-0.4, -0.2) is 13.9 Å². The van der Waals surface area contributed by atoms with E-state index in [0.29, 0.717) is 12.7 Å².